The van der Waals surface area contributed by atoms with Gasteiger partial charge in [0, 0.05) is 11.8 Å². The first-order chi connectivity index (χ1) is 9.75. The summed E-state index contributed by atoms with van der Waals surface area (Å²) in [4.78, 5) is 16.4. The number of ketones is 1. The first-order valence-electron chi connectivity index (χ1n) is 6.01. The van der Waals surface area contributed by atoms with Crippen LogP contribution in [0.15, 0.2) is 60.9 Å². The van der Waals surface area contributed by atoms with Crippen LogP contribution in [0.1, 0.15) is 16.1 Å². The highest BCUT2D eigenvalue weighted by Crippen LogP contribution is 2.15. The maximum absolute atomic E-state index is 12.5. The fourth-order valence-corrected chi connectivity index (χ4v) is 2.02. The summed E-state index contributed by atoms with van der Waals surface area (Å²) in [5, 5.41) is 4.56. The van der Waals surface area contributed by atoms with E-state index in [-0.39, 0.29) is 5.78 Å². The number of halogens is 1. The Labute approximate surface area is 120 Å². The number of rotatable bonds is 3. The molecule has 0 unspecified atom stereocenters. The number of hydrogen-bond donors (Lipinski definition) is 0. The summed E-state index contributed by atoms with van der Waals surface area (Å²) < 4.78 is 1.61. The predicted octanol–water partition coefficient (Wildman–Crippen LogP) is 3.15. The van der Waals surface area contributed by atoms with Crippen LogP contribution in [-0.4, -0.2) is 20.5 Å². The molecule has 4 nitrogen and oxygen atoms in total. The average molecular weight is 284 g/mol. The highest BCUT2D eigenvalue weighted by atomic mass is 35.5. The van der Waals surface area contributed by atoms with Crippen molar-refractivity contribution in [1.29, 1.82) is 0 Å². The van der Waals surface area contributed by atoms with E-state index in [0.29, 0.717) is 16.4 Å². The lowest BCUT2D eigenvalue weighted by Crippen LogP contribution is -2.10. The summed E-state index contributed by atoms with van der Waals surface area (Å²) in [6.07, 6.45) is 3.07. The van der Waals surface area contributed by atoms with E-state index in [0.717, 1.165) is 5.69 Å². The van der Waals surface area contributed by atoms with Crippen LogP contribution in [0.2, 0.25) is 5.15 Å². The summed E-state index contributed by atoms with van der Waals surface area (Å²) in [6, 6.07) is 14.4. The van der Waals surface area contributed by atoms with Crippen LogP contribution in [0.5, 0.6) is 0 Å². The van der Waals surface area contributed by atoms with Crippen molar-refractivity contribution in [2.45, 2.75) is 0 Å². The molecule has 0 aliphatic rings. The van der Waals surface area contributed by atoms with Gasteiger partial charge in [-0.15, -0.1) is 0 Å². The van der Waals surface area contributed by atoms with E-state index in [4.69, 9.17) is 11.6 Å². The molecule has 20 heavy (non-hydrogen) atoms. The molecule has 1 aromatic carbocycles. The maximum Gasteiger partial charge on any atom is 0.213 e. The summed E-state index contributed by atoms with van der Waals surface area (Å²) in [7, 11) is 0. The van der Waals surface area contributed by atoms with E-state index in [2.05, 4.69) is 10.1 Å². The van der Waals surface area contributed by atoms with Crippen LogP contribution in [0.4, 0.5) is 0 Å². The van der Waals surface area contributed by atoms with Crippen LogP contribution >= 0.6 is 11.6 Å². The van der Waals surface area contributed by atoms with Crippen LogP contribution in [0.25, 0.3) is 5.69 Å². The minimum absolute atomic E-state index is 0.143. The number of benzene rings is 1. The van der Waals surface area contributed by atoms with Crippen LogP contribution in [0.3, 0.4) is 0 Å². The van der Waals surface area contributed by atoms with Crippen molar-refractivity contribution >= 4 is 17.4 Å². The minimum Gasteiger partial charge on any atom is -0.287 e. The van der Waals surface area contributed by atoms with Crippen LogP contribution in [0, 0.1) is 0 Å². The average Bonchev–Trinajstić information content (AvgIpc) is 2.97. The van der Waals surface area contributed by atoms with E-state index >= 15 is 0 Å². The number of pyridine rings is 1. The Morgan fingerprint density at radius 1 is 1.05 bits per heavy atom. The molecule has 3 aromatic rings. The zero-order valence-electron chi connectivity index (χ0n) is 10.4. The Morgan fingerprint density at radius 2 is 1.85 bits per heavy atom. The molecule has 0 spiro atoms. The molecule has 0 aliphatic carbocycles. The van der Waals surface area contributed by atoms with E-state index < -0.39 is 0 Å². The Balaban J connectivity index is 2.02. The lowest BCUT2D eigenvalue weighted by atomic mass is 10.1. The normalized spacial score (nSPS) is 10.4. The summed E-state index contributed by atoms with van der Waals surface area (Å²) >= 11 is 5.73. The highest BCUT2D eigenvalue weighted by molar-refractivity contribution is 6.29. The van der Waals surface area contributed by atoms with Crippen molar-refractivity contribution in [2.24, 2.45) is 0 Å². The summed E-state index contributed by atoms with van der Waals surface area (Å²) in [5.41, 5.74) is 1.80. The number of hydrogen-bond acceptors (Lipinski definition) is 3. The van der Waals surface area contributed by atoms with E-state index in [1.54, 1.807) is 29.1 Å². The van der Waals surface area contributed by atoms with Crippen molar-refractivity contribution in [3.05, 3.63) is 77.3 Å². The van der Waals surface area contributed by atoms with Gasteiger partial charge in [-0.2, -0.15) is 5.10 Å². The van der Waals surface area contributed by atoms with Gasteiger partial charge >= 0.3 is 0 Å². The summed E-state index contributed by atoms with van der Waals surface area (Å²) in [6.45, 7) is 0. The molecule has 2 heterocycles. The number of nitrogens with zero attached hydrogens (tertiary/aromatic N) is 3. The van der Waals surface area contributed by atoms with E-state index in [1.807, 2.05) is 30.3 Å². The number of carbonyl (C=O) groups is 1. The van der Waals surface area contributed by atoms with Gasteiger partial charge in [-0.05, 0) is 30.3 Å². The number of aromatic nitrogens is 3. The van der Waals surface area contributed by atoms with Crippen molar-refractivity contribution in [2.75, 3.05) is 0 Å². The Hall–Kier alpha value is -2.46. The quantitative estimate of drug-likeness (QED) is 0.548. The van der Waals surface area contributed by atoms with Crippen molar-refractivity contribution < 1.29 is 4.79 Å². The molecule has 0 saturated carbocycles. The zero-order chi connectivity index (χ0) is 13.9. The molecular formula is C15H10ClN3O. The molecule has 98 valence electrons. The Kier molecular flexibility index (Phi) is 3.31. The van der Waals surface area contributed by atoms with Gasteiger partial charge in [0.2, 0.25) is 5.78 Å². The number of para-hydroxylation sites is 1. The number of carbonyl (C=O) groups excluding carboxylic acids is 1. The van der Waals surface area contributed by atoms with Crippen LogP contribution in [-0.2, 0) is 0 Å². The maximum atomic E-state index is 12.5. The predicted molar refractivity (Wildman–Crippen MR) is 76.2 cm³/mol. The zero-order valence-corrected chi connectivity index (χ0v) is 11.2. The molecule has 3 rings (SSSR count). The van der Waals surface area contributed by atoms with Crippen LogP contribution < -0.4 is 0 Å². The van der Waals surface area contributed by atoms with E-state index in [9.17, 15) is 4.79 Å². The smallest absolute Gasteiger partial charge is 0.213 e. The Bertz CT molecular complexity index is 735. The molecule has 0 radical (unpaired) electrons. The van der Waals surface area contributed by atoms with E-state index in [1.165, 1.54) is 6.20 Å². The van der Waals surface area contributed by atoms with Gasteiger partial charge in [0.15, 0.2) is 0 Å². The van der Waals surface area contributed by atoms with Gasteiger partial charge in [-0.25, -0.2) is 9.67 Å². The fraction of sp³-hybridized carbons (Fsp3) is 0. The molecular weight excluding hydrogens is 274 g/mol. The van der Waals surface area contributed by atoms with Gasteiger partial charge < -0.3 is 0 Å². The topological polar surface area (TPSA) is 47.8 Å². The van der Waals surface area contributed by atoms with Gasteiger partial charge in [-0.1, -0.05) is 29.8 Å². The fourth-order valence-electron chi connectivity index (χ4n) is 1.91. The minimum atomic E-state index is -0.143. The summed E-state index contributed by atoms with van der Waals surface area (Å²) in [5.74, 6) is -0.143. The lowest BCUT2D eigenvalue weighted by Gasteiger charge is -2.06. The third-order valence-electron chi connectivity index (χ3n) is 2.87. The molecule has 2 aromatic heterocycles. The largest absolute Gasteiger partial charge is 0.287 e. The van der Waals surface area contributed by atoms with Gasteiger partial charge in [0.1, 0.15) is 10.8 Å². The molecule has 0 aliphatic heterocycles. The molecule has 0 fully saturated rings. The molecule has 0 bridgehead atoms. The monoisotopic (exact) mass is 283 g/mol. The second-order valence-corrected chi connectivity index (χ2v) is 4.55. The molecule has 0 N–H and O–H groups in total. The lowest BCUT2D eigenvalue weighted by molar-refractivity contribution is 0.103. The SMILES string of the molecule is O=C(c1ccc(Cl)nc1)c1ccnn1-c1ccccc1. The molecule has 0 amide bonds. The van der Waals surface area contributed by atoms with Crippen molar-refractivity contribution in [3.8, 4) is 5.69 Å². The van der Waals surface area contributed by atoms with Gasteiger partial charge in [0.05, 0.1) is 11.9 Å². The van der Waals surface area contributed by atoms with Gasteiger partial charge in [-0.3, -0.25) is 4.79 Å². The third-order valence-corrected chi connectivity index (χ3v) is 3.09. The molecule has 5 heteroatoms. The first-order valence-corrected chi connectivity index (χ1v) is 6.39. The second kappa shape index (κ2) is 5.27. The molecule has 0 saturated heterocycles. The second-order valence-electron chi connectivity index (χ2n) is 4.16. The van der Waals surface area contributed by atoms with Gasteiger partial charge in [0.25, 0.3) is 0 Å². The highest BCUT2D eigenvalue weighted by Gasteiger charge is 2.15. The third kappa shape index (κ3) is 2.33. The Morgan fingerprint density at radius 3 is 2.55 bits per heavy atom. The molecule has 0 atom stereocenters. The first kappa shape index (κ1) is 12.6. The van der Waals surface area contributed by atoms with Crippen molar-refractivity contribution in [1.82, 2.24) is 14.8 Å². The van der Waals surface area contributed by atoms with Crippen molar-refractivity contribution in [3.63, 3.8) is 0 Å². The standard InChI is InChI=1S/C15H10ClN3O/c16-14-7-6-11(10-17-14)15(20)13-8-9-18-19(13)12-4-2-1-3-5-12/h1-10H.